The van der Waals surface area contributed by atoms with Crippen LogP contribution in [-0.4, -0.2) is 27.0 Å². The van der Waals surface area contributed by atoms with Crippen molar-refractivity contribution in [1.29, 1.82) is 0 Å². The Hall–Kier alpha value is -3.39. The Morgan fingerprint density at radius 1 is 1.17 bits per heavy atom. The number of rotatable bonds is 7. The Balaban J connectivity index is 1.66. The fourth-order valence-corrected chi connectivity index (χ4v) is 3.37. The average molecular weight is 407 g/mol. The van der Waals surface area contributed by atoms with Crippen molar-refractivity contribution in [2.75, 3.05) is 10.6 Å². The van der Waals surface area contributed by atoms with E-state index in [0.717, 1.165) is 16.0 Å². The van der Waals surface area contributed by atoms with Gasteiger partial charge in [-0.2, -0.15) is 0 Å². The predicted octanol–water partition coefficient (Wildman–Crippen LogP) is 4.03. The second-order valence-corrected chi connectivity index (χ2v) is 7.71. The van der Waals surface area contributed by atoms with E-state index in [0.29, 0.717) is 22.6 Å². The molecule has 2 aromatic heterocycles. The first-order chi connectivity index (χ1) is 13.9. The lowest BCUT2D eigenvalue weighted by molar-refractivity contribution is -0.115. The zero-order chi connectivity index (χ0) is 20.8. The van der Waals surface area contributed by atoms with Crippen molar-refractivity contribution in [3.8, 4) is 11.3 Å². The number of benzene rings is 1. The van der Waals surface area contributed by atoms with Gasteiger partial charge in [0, 0.05) is 16.6 Å². The van der Waals surface area contributed by atoms with Crippen molar-refractivity contribution in [3.05, 3.63) is 65.7 Å². The van der Waals surface area contributed by atoms with Gasteiger partial charge in [-0.05, 0) is 35.8 Å². The lowest BCUT2D eigenvalue weighted by Crippen LogP contribution is -2.14. The Labute approximate surface area is 172 Å². The van der Waals surface area contributed by atoms with Gasteiger partial charge in [0.1, 0.15) is 0 Å². The molecular formula is C21H21N5O2S. The molecule has 0 bridgehead atoms. The van der Waals surface area contributed by atoms with Crippen molar-refractivity contribution in [2.24, 2.45) is 0 Å². The molecule has 0 spiro atoms. The molecule has 29 heavy (non-hydrogen) atoms. The number of anilines is 2. The maximum absolute atomic E-state index is 12.4. The highest BCUT2D eigenvalue weighted by Gasteiger charge is 2.10. The molecule has 2 amide bonds. The van der Waals surface area contributed by atoms with Gasteiger partial charge < -0.3 is 10.6 Å². The van der Waals surface area contributed by atoms with E-state index >= 15 is 0 Å². The van der Waals surface area contributed by atoms with Gasteiger partial charge in [-0.15, -0.1) is 21.5 Å². The van der Waals surface area contributed by atoms with Crippen LogP contribution in [0, 0.1) is 0 Å². The smallest absolute Gasteiger partial charge is 0.248 e. The standard InChI is InChI=1S/C21H21N5O2S/c1-4-19(27)23-18-9-8-16(25-26-18)15-7-5-6-14(10-15)11-20(28)24-21-22-12-17(29-21)13(2)3/h4-10,12-13H,1,11H2,2-3H3,(H,22,24,28)(H,23,26,27). The number of amides is 2. The molecule has 2 heterocycles. The van der Waals surface area contributed by atoms with E-state index in [1.165, 1.54) is 17.4 Å². The molecule has 0 fully saturated rings. The summed E-state index contributed by atoms with van der Waals surface area (Å²) in [6.45, 7) is 7.58. The Morgan fingerprint density at radius 3 is 2.66 bits per heavy atom. The Morgan fingerprint density at radius 2 is 2.00 bits per heavy atom. The fraction of sp³-hybridized carbons (Fsp3) is 0.190. The maximum atomic E-state index is 12.4. The van der Waals surface area contributed by atoms with Gasteiger partial charge in [-0.1, -0.05) is 38.6 Å². The zero-order valence-corrected chi connectivity index (χ0v) is 17.0. The summed E-state index contributed by atoms with van der Waals surface area (Å²) in [5.41, 5.74) is 2.33. The van der Waals surface area contributed by atoms with Crippen LogP contribution in [0.25, 0.3) is 11.3 Å². The van der Waals surface area contributed by atoms with E-state index in [9.17, 15) is 9.59 Å². The maximum Gasteiger partial charge on any atom is 0.248 e. The van der Waals surface area contributed by atoms with Crippen LogP contribution in [0.3, 0.4) is 0 Å². The molecule has 0 saturated heterocycles. The minimum atomic E-state index is -0.346. The highest BCUT2D eigenvalue weighted by molar-refractivity contribution is 7.15. The van der Waals surface area contributed by atoms with Crippen LogP contribution in [0.15, 0.2) is 55.3 Å². The first-order valence-electron chi connectivity index (χ1n) is 9.06. The fourth-order valence-electron chi connectivity index (χ4n) is 2.53. The van der Waals surface area contributed by atoms with Crippen LogP contribution >= 0.6 is 11.3 Å². The van der Waals surface area contributed by atoms with Crippen LogP contribution in [0.5, 0.6) is 0 Å². The number of carbonyl (C=O) groups is 2. The summed E-state index contributed by atoms with van der Waals surface area (Å²) in [7, 11) is 0. The van der Waals surface area contributed by atoms with Crippen LogP contribution in [0.4, 0.5) is 10.9 Å². The molecule has 0 radical (unpaired) electrons. The number of thiazole rings is 1. The third kappa shape index (κ3) is 5.55. The summed E-state index contributed by atoms with van der Waals surface area (Å²) >= 11 is 1.49. The zero-order valence-electron chi connectivity index (χ0n) is 16.2. The summed E-state index contributed by atoms with van der Waals surface area (Å²) in [5, 5.41) is 14.1. The quantitative estimate of drug-likeness (QED) is 0.577. The summed E-state index contributed by atoms with van der Waals surface area (Å²) < 4.78 is 0. The topological polar surface area (TPSA) is 96.9 Å². The van der Waals surface area contributed by atoms with E-state index in [1.807, 2.05) is 24.3 Å². The number of aromatic nitrogens is 3. The highest BCUT2D eigenvalue weighted by Crippen LogP contribution is 2.25. The molecule has 7 nitrogen and oxygen atoms in total. The largest absolute Gasteiger partial charge is 0.306 e. The van der Waals surface area contributed by atoms with Crippen molar-refractivity contribution in [1.82, 2.24) is 15.2 Å². The molecular weight excluding hydrogens is 386 g/mol. The number of hydrogen-bond donors (Lipinski definition) is 2. The van der Waals surface area contributed by atoms with E-state index in [2.05, 4.69) is 46.2 Å². The summed E-state index contributed by atoms with van der Waals surface area (Å²) in [4.78, 5) is 29.1. The van der Waals surface area contributed by atoms with E-state index in [4.69, 9.17) is 0 Å². The molecule has 1 aromatic carbocycles. The van der Waals surface area contributed by atoms with Gasteiger partial charge in [0.2, 0.25) is 11.8 Å². The molecule has 0 aliphatic rings. The monoisotopic (exact) mass is 407 g/mol. The van der Waals surface area contributed by atoms with Crippen molar-refractivity contribution in [2.45, 2.75) is 26.2 Å². The molecule has 3 rings (SSSR count). The molecule has 8 heteroatoms. The molecule has 3 aromatic rings. The normalized spacial score (nSPS) is 10.6. The predicted molar refractivity (Wildman–Crippen MR) is 115 cm³/mol. The van der Waals surface area contributed by atoms with Crippen molar-refractivity contribution in [3.63, 3.8) is 0 Å². The van der Waals surface area contributed by atoms with Gasteiger partial charge in [0.15, 0.2) is 10.9 Å². The lowest BCUT2D eigenvalue weighted by Gasteiger charge is -2.06. The second-order valence-electron chi connectivity index (χ2n) is 6.65. The van der Waals surface area contributed by atoms with Crippen LogP contribution in [0.2, 0.25) is 0 Å². The Kier molecular flexibility index (Phi) is 6.46. The van der Waals surface area contributed by atoms with Gasteiger partial charge in [0.25, 0.3) is 0 Å². The molecule has 0 aliphatic carbocycles. The minimum Gasteiger partial charge on any atom is -0.306 e. The van der Waals surface area contributed by atoms with Gasteiger partial charge in [0.05, 0.1) is 12.1 Å². The van der Waals surface area contributed by atoms with E-state index in [1.54, 1.807) is 18.3 Å². The third-order valence-corrected chi connectivity index (χ3v) is 5.24. The second kappa shape index (κ2) is 9.20. The number of carbonyl (C=O) groups excluding carboxylic acids is 2. The van der Waals surface area contributed by atoms with E-state index in [-0.39, 0.29) is 18.2 Å². The van der Waals surface area contributed by atoms with Gasteiger partial charge >= 0.3 is 0 Å². The number of nitrogens with zero attached hydrogens (tertiary/aromatic N) is 3. The van der Waals surface area contributed by atoms with Crippen LogP contribution < -0.4 is 10.6 Å². The van der Waals surface area contributed by atoms with Gasteiger partial charge in [-0.3, -0.25) is 9.59 Å². The summed E-state index contributed by atoms with van der Waals surface area (Å²) in [6, 6.07) is 11.0. The molecule has 0 saturated carbocycles. The molecule has 2 N–H and O–H groups in total. The van der Waals surface area contributed by atoms with Gasteiger partial charge in [-0.25, -0.2) is 4.98 Å². The average Bonchev–Trinajstić information content (AvgIpc) is 3.17. The number of nitrogens with one attached hydrogen (secondary N) is 2. The SMILES string of the molecule is C=CC(=O)Nc1ccc(-c2cccc(CC(=O)Nc3ncc(C(C)C)s3)c2)nn1. The first-order valence-corrected chi connectivity index (χ1v) is 9.88. The van der Waals surface area contributed by atoms with E-state index < -0.39 is 0 Å². The summed E-state index contributed by atoms with van der Waals surface area (Å²) in [6.07, 6.45) is 3.19. The third-order valence-electron chi connectivity index (χ3n) is 4.03. The van der Waals surface area contributed by atoms with Crippen molar-refractivity contribution < 1.29 is 9.59 Å². The van der Waals surface area contributed by atoms with Crippen LogP contribution in [0.1, 0.15) is 30.2 Å². The molecule has 0 aliphatic heterocycles. The Bertz CT molecular complexity index is 1030. The summed E-state index contributed by atoms with van der Waals surface area (Å²) in [5.74, 6) is 0.256. The molecule has 148 valence electrons. The molecule has 0 unspecified atom stereocenters. The van der Waals surface area contributed by atoms with Crippen LogP contribution in [-0.2, 0) is 16.0 Å². The lowest BCUT2D eigenvalue weighted by atomic mass is 10.1. The minimum absolute atomic E-state index is 0.125. The highest BCUT2D eigenvalue weighted by atomic mass is 32.1. The molecule has 0 atom stereocenters. The number of hydrogen-bond acceptors (Lipinski definition) is 6. The first kappa shape index (κ1) is 20.3. The van der Waals surface area contributed by atoms with Crippen molar-refractivity contribution >= 4 is 34.1 Å².